The van der Waals surface area contributed by atoms with Gasteiger partial charge >= 0.3 is 0 Å². The second kappa shape index (κ2) is 9.87. The van der Waals surface area contributed by atoms with Gasteiger partial charge in [-0.2, -0.15) is 0 Å². The maximum atomic E-state index is 11.7. The predicted molar refractivity (Wildman–Crippen MR) is 97.8 cm³/mol. The first-order valence-electron chi connectivity index (χ1n) is 8.48. The molecule has 0 bridgehead atoms. The molecule has 0 spiro atoms. The topological polar surface area (TPSA) is 79.5 Å². The Morgan fingerprint density at radius 1 is 1.22 bits per heavy atom. The van der Waals surface area contributed by atoms with Crippen LogP contribution >= 0.6 is 0 Å². The van der Waals surface area contributed by atoms with Crippen molar-refractivity contribution in [2.24, 2.45) is 10.7 Å². The highest BCUT2D eigenvalue weighted by atomic mass is 16.1. The van der Waals surface area contributed by atoms with Gasteiger partial charge in [0.05, 0.1) is 6.54 Å². The summed E-state index contributed by atoms with van der Waals surface area (Å²) in [4.78, 5) is 16.0. The summed E-state index contributed by atoms with van der Waals surface area (Å²) in [5, 5.41) is 6.12. The molecule has 0 aromatic heterocycles. The van der Waals surface area contributed by atoms with E-state index in [1.807, 2.05) is 13.8 Å². The van der Waals surface area contributed by atoms with E-state index in [0.717, 1.165) is 24.9 Å². The number of guanidine groups is 1. The van der Waals surface area contributed by atoms with E-state index < -0.39 is 0 Å². The zero-order valence-electron chi connectivity index (χ0n) is 14.8. The number of hydrogen-bond acceptors (Lipinski definition) is 2. The van der Waals surface area contributed by atoms with Gasteiger partial charge in [0, 0.05) is 18.2 Å². The third-order valence-corrected chi connectivity index (χ3v) is 3.89. The third-order valence-electron chi connectivity index (χ3n) is 3.89. The monoisotopic (exact) mass is 318 g/mol. The minimum absolute atomic E-state index is 0.0131. The van der Waals surface area contributed by atoms with E-state index >= 15 is 0 Å². The molecule has 0 aliphatic heterocycles. The highest BCUT2D eigenvalue weighted by Crippen LogP contribution is 2.22. The van der Waals surface area contributed by atoms with Crippen molar-refractivity contribution in [2.45, 2.75) is 59.4 Å². The van der Waals surface area contributed by atoms with Crippen LogP contribution in [0.4, 0.5) is 5.69 Å². The van der Waals surface area contributed by atoms with Gasteiger partial charge in [-0.3, -0.25) is 9.79 Å². The molecule has 128 valence electrons. The molecule has 23 heavy (non-hydrogen) atoms. The molecular weight excluding hydrogens is 288 g/mol. The van der Waals surface area contributed by atoms with E-state index in [-0.39, 0.29) is 11.9 Å². The summed E-state index contributed by atoms with van der Waals surface area (Å²) in [6.07, 6.45) is 3.14. The molecule has 0 saturated heterocycles. The first-order valence-corrected chi connectivity index (χ1v) is 8.48. The van der Waals surface area contributed by atoms with Crippen LogP contribution in [0.2, 0.25) is 0 Å². The number of nitrogens with one attached hydrogen (secondary N) is 2. The zero-order chi connectivity index (χ0) is 17.2. The highest BCUT2D eigenvalue weighted by molar-refractivity contribution is 5.94. The average Bonchev–Trinajstić information content (AvgIpc) is 2.54. The Morgan fingerprint density at radius 3 is 2.35 bits per heavy atom. The van der Waals surface area contributed by atoms with Crippen LogP contribution in [0.1, 0.15) is 51.7 Å². The first kappa shape index (κ1) is 19.0. The minimum Gasteiger partial charge on any atom is -0.370 e. The van der Waals surface area contributed by atoms with Crippen molar-refractivity contribution >= 4 is 17.6 Å². The molecule has 0 aliphatic rings. The van der Waals surface area contributed by atoms with Crippen molar-refractivity contribution in [3.05, 3.63) is 29.3 Å². The number of nitrogens with two attached hydrogens (primary N) is 1. The van der Waals surface area contributed by atoms with Crippen molar-refractivity contribution in [1.82, 2.24) is 5.32 Å². The van der Waals surface area contributed by atoms with Crippen molar-refractivity contribution < 1.29 is 4.79 Å². The van der Waals surface area contributed by atoms with E-state index in [9.17, 15) is 4.79 Å². The summed E-state index contributed by atoms with van der Waals surface area (Å²) in [5.74, 6) is 0.371. The van der Waals surface area contributed by atoms with E-state index in [0.29, 0.717) is 18.9 Å². The molecule has 4 N–H and O–H groups in total. The van der Waals surface area contributed by atoms with E-state index in [1.54, 1.807) is 0 Å². The summed E-state index contributed by atoms with van der Waals surface area (Å²) < 4.78 is 0. The van der Waals surface area contributed by atoms with Gasteiger partial charge in [0.25, 0.3) is 0 Å². The Kier molecular flexibility index (Phi) is 8.16. The van der Waals surface area contributed by atoms with Crippen LogP contribution in [0.25, 0.3) is 0 Å². The smallest absolute Gasteiger partial charge is 0.222 e. The van der Waals surface area contributed by atoms with Crippen LogP contribution in [0.5, 0.6) is 0 Å². The predicted octanol–water partition coefficient (Wildman–Crippen LogP) is 2.84. The van der Waals surface area contributed by atoms with Crippen LogP contribution in [-0.2, 0) is 17.6 Å². The van der Waals surface area contributed by atoms with Crippen LogP contribution in [0, 0.1) is 0 Å². The number of amides is 1. The Balaban J connectivity index is 2.62. The third kappa shape index (κ3) is 6.30. The number of aryl methyl sites for hydroxylation is 2. The Labute approximate surface area is 139 Å². The van der Waals surface area contributed by atoms with Gasteiger partial charge in [0.2, 0.25) is 5.91 Å². The van der Waals surface area contributed by atoms with E-state index in [2.05, 4.69) is 47.7 Å². The Bertz CT molecular complexity index is 518. The second-order valence-corrected chi connectivity index (χ2v) is 5.68. The lowest BCUT2D eigenvalue weighted by Gasteiger charge is -2.15. The molecule has 5 heteroatoms. The number of hydrogen-bond donors (Lipinski definition) is 3. The summed E-state index contributed by atoms with van der Waals surface area (Å²) >= 11 is 0. The van der Waals surface area contributed by atoms with Gasteiger partial charge in [-0.25, -0.2) is 0 Å². The standard InChI is InChI=1S/C18H30N4O/c1-5-13(4)21-16(23)11-12-20-18(19)22-17-14(6-2)9-8-10-15(17)7-3/h8-10,13H,5-7,11-12H2,1-4H3,(H,21,23)(H3,19,20,22). The minimum atomic E-state index is 0.0131. The number of carbonyl (C=O) groups excluding carboxylic acids is 1. The van der Waals surface area contributed by atoms with Crippen LogP contribution in [0.15, 0.2) is 23.2 Å². The Morgan fingerprint density at radius 2 is 1.83 bits per heavy atom. The number of nitrogens with zero attached hydrogens (tertiary/aromatic N) is 1. The van der Waals surface area contributed by atoms with Gasteiger partial charge in [0.1, 0.15) is 0 Å². The largest absolute Gasteiger partial charge is 0.370 e. The lowest BCUT2D eigenvalue weighted by molar-refractivity contribution is -0.121. The van der Waals surface area contributed by atoms with Gasteiger partial charge in [-0.15, -0.1) is 0 Å². The van der Waals surface area contributed by atoms with Crippen LogP contribution in [-0.4, -0.2) is 24.5 Å². The van der Waals surface area contributed by atoms with Crippen molar-refractivity contribution in [3.63, 3.8) is 0 Å². The first-order chi connectivity index (χ1) is 11.0. The SMILES string of the molecule is CCc1cccc(CC)c1NC(N)=NCCC(=O)NC(C)CC. The number of carbonyl (C=O) groups is 1. The van der Waals surface area contributed by atoms with Gasteiger partial charge in [-0.1, -0.05) is 39.0 Å². The van der Waals surface area contributed by atoms with Crippen LogP contribution in [0.3, 0.4) is 0 Å². The lowest BCUT2D eigenvalue weighted by atomic mass is 10.0. The van der Waals surface area contributed by atoms with E-state index in [4.69, 9.17) is 5.73 Å². The molecule has 0 fully saturated rings. The molecule has 0 heterocycles. The van der Waals surface area contributed by atoms with Crippen molar-refractivity contribution in [3.8, 4) is 0 Å². The second-order valence-electron chi connectivity index (χ2n) is 5.68. The molecular formula is C18H30N4O. The van der Waals surface area contributed by atoms with Crippen molar-refractivity contribution in [1.29, 1.82) is 0 Å². The van der Waals surface area contributed by atoms with E-state index in [1.165, 1.54) is 11.1 Å². The lowest BCUT2D eigenvalue weighted by Crippen LogP contribution is -2.32. The summed E-state index contributed by atoms with van der Waals surface area (Å²) in [6.45, 7) is 8.66. The van der Waals surface area contributed by atoms with Gasteiger partial charge in [-0.05, 0) is 37.3 Å². The van der Waals surface area contributed by atoms with Crippen LogP contribution < -0.4 is 16.4 Å². The van der Waals surface area contributed by atoms with Gasteiger partial charge in [0.15, 0.2) is 5.96 Å². The number of rotatable bonds is 8. The molecule has 0 saturated carbocycles. The quantitative estimate of drug-likeness (QED) is 0.509. The summed E-state index contributed by atoms with van der Waals surface area (Å²) in [6, 6.07) is 6.45. The molecule has 1 rings (SSSR count). The zero-order valence-corrected chi connectivity index (χ0v) is 14.8. The highest BCUT2D eigenvalue weighted by Gasteiger charge is 2.08. The molecule has 1 unspecified atom stereocenters. The molecule has 1 amide bonds. The normalized spacial score (nSPS) is 12.8. The number of anilines is 1. The molecule has 1 aromatic rings. The summed E-state index contributed by atoms with van der Waals surface area (Å²) in [7, 11) is 0. The molecule has 0 aliphatic carbocycles. The number of aliphatic imine (C=N–C) groups is 1. The summed E-state index contributed by atoms with van der Waals surface area (Å²) in [5.41, 5.74) is 9.46. The van der Waals surface area contributed by atoms with Crippen molar-refractivity contribution in [2.75, 3.05) is 11.9 Å². The maximum Gasteiger partial charge on any atom is 0.222 e. The number of para-hydroxylation sites is 1. The maximum absolute atomic E-state index is 11.7. The molecule has 1 atom stereocenters. The average molecular weight is 318 g/mol. The molecule has 0 radical (unpaired) electrons. The van der Waals surface area contributed by atoms with Gasteiger partial charge < -0.3 is 16.4 Å². The Hall–Kier alpha value is -2.04. The fraction of sp³-hybridized carbons (Fsp3) is 0.556. The molecule has 5 nitrogen and oxygen atoms in total. The number of benzene rings is 1. The molecule has 1 aromatic carbocycles. The fourth-order valence-corrected chi connectivity index (χ4v) is 2.30. The fourth-order valence-electron chi connectivity index (χ4n) is 2.30.